The number of benzene rings is 1. The Balaban J connectivity index is 2.05. The first-order chi connectivity index (χ1) is 16.1. The lowest BCUT2D eigenvalue weighted by atomic mass is 9.82. The van der Waals surface area contributed by atoms with E-state index in [2.05, 4.69) is 21.0 Å². The predicted molar refractivity (Wildman–Crippen MR) is 120 cm³/mol. The van der Waals surface area contributed by atoms with Crippen LogP contribution in [0.5, 0.6) is 0 Å². The average Bonchev–Trinajstić information content (AvgIpc) is 3.27. The molecule has 9 heteroatoms. The molecule has 0 radical (unpaired) electrons. The van der Waals surface area contributed by atoms with Crippen molar-refractivity contribution in [2.75, 3.05) is 0 Å². The number of pyridine rings is 2. The molecule has 1 N–H and O–H groups in total. The Bertz CT molecular complexity index is 1420. The summed E-state index contributed by atoms with van der Waals surface area (Å²) in [7, 11) is 1.64. The maximum Gasteiger partial charge on any atom is 0.433 e. The van der Waals surface area contributed by atoms with Crippen molar-refractivity contribution in [1.82, 2.24) is 19.5 Å². The smallest absolute Gasteiger partial charge is 0.374 e. The van der Waals surface area contributed by atoms with E-state index in [4.69, 9.17) is 0 Å². The molecule has 1 aromatic carbocycles. The van der Waals surface area contributed by atoms with Gasteiger partial charge in [-0.15, -0.1) is 0 Å². The second-order valence-electron chi connectivity index (χ2n) is 7.99. The highest BCUT2D eigenvalue weighted by Crippen LogP contribution is 2.40. The number of rotatable bonds is 5. The lowest BCUT2D eigenvalue weighted by molar-refractivity contribution is -0.141. The fourth-order valence-electron chi connectivity index (χ4n) is 4.36. The van der Waals surface area contributed by atoms with Crippen LogP contribution in [0.15, 0.2) is 49.1 Å². The molecule has 174 valence electrons. The van der Waals surface area contributed by atoms with E-state index in [-0.39, 0.29) is 16.8 Å². The Morgan fingerprint density at radius 2 is 1.82 bits per heavy atom. The lowest BCUT2D eigenvalue weighted by Gasteiger charge is -2.30. The van der Waals surface area contributed by atoms with Gasteiger partial charge in [-0.25, -0.2) is 4.98 Å². The molecule has 1 unspecified atom stereocenters. The molecule has 3 heterocycles. The molecule has 0 amide bonds. The normalized spacial score (nSPS) is 13.6. The molecule has 0 saturated heterocycles. The topological polar surface area (TPSA) is 87.6 Å². The maximum absolute atomic E-state index is 13.4. The third kappa shape index (κ3) is 3.70. The minimum Gasteiger partial charge on any atom is -0.374 e. The molecule has 0 bridgehead atoms. The van der Waals surface area contributed by atoms with Gasteiger partial charge >= 0.3 is 6.18 Å². The summed E-state index contributed by atoms with van der Waals surface area (Å²) in [5, 5.41) is 22.5. The van der Waals surface area contributed by atoms with Gasteiger partial charge in [0.25, 0.3) is 0 Å². The Labute approximate surface area is 194 Å². The van der Waals surface area contributed by atoms with Crippen LogP contribution in [0.2, 0.25) is 0 Å². The highest BCUT2D eigenvalue weighted by Gasteiger charge is 2.40. The van der Waals surface area contributed by atoms with Gasteiger partial charge in [0, 0.05) is 24.3 Å². The zero-order chi connectivity index (χ0) is 24.7. The van der Waals surface area contributed by atoms with Crippen molar-refractivity contribution in [2.24, 2.45) is 7.05 Å². The third-order valence-electron chi connectivity index (χ3n) is 6.04. The minimum atomic E-state index is -4.68. The molecule has 3 aromatic heterocycles. The van der Waals surface area contributed by atoms with Crippen LogP contribution in [0.4, 0.5) is 13.2 Å². The summed E-state index contributed by atoms with van der Waals surface area (Å²) >= 11 is 0. The lowest BCUT2D eigenvalue weighted by Crippen LogP contribution is -2.31. The standard InChI is InChI=1S/C25H22F3N5O/c1-4-17-19(12-29)18-10-15(6-7-21(18)32-20(17)5-2)24(34,23-13-30-14-33(23)3)16-8-9-31-22(11-16)25(26,27)28/h6-11,13-14,34H,4-5H2,1-3H3. The number of hydrogen-bond donors (Lipinski definition) is 1. The summed E-state index contributed by atoms with van der Waals surface area (Å²) in [5.74, 6) is 0. The van der Waals surface area contributed by atoms with Crippen LogP contribution in [0.3, 0.4) is 0 Å². The van der Waals surface area contributed by atoms with Gasteiger partial charge in [0.15, 0.2) is 5.60 Å². The van der Waals surface area contributed by atoms with Crippen LogP contribution < -0.4 is 0 Å². The molecule has 0 fully saturated rings. The number of aromatic nitrogens is 4. The number of aliphatic hydroxyl groups is 1. The summed E-state index contributed by atoms with van der Waals surface area (Å²) in [6.07, 6.45) is 0.455. The van der Waals surface area contributed by atoms with Crippen LogP contribution >= 0.6 is 0 Å². The number of hydrogen-bond acceptors (Lipinski definition) is 5. The summed E-state index contributed by atoms with van der Waals surface area (Å²) in [6, 6.07) is 9.35. The number of nitriles is 1. The van der Waals surface area contributed by atoms with Crippen LogP contribution in [0.25, 0.3) is 10.9 Å². The van der Waals surface area contributed by atoms with Crippen LogP contribution in [0.1, 0.15) is 53.2 Å². The molecule has 4 rings (SSSR count). The van der Waals surface area contributed by atoms with Crippen molar-refractivity contribution in [1.29, 1.82) is 5.26 Å². The fraction of sp³-hybridized carbons (Fsp3) is 0.280. The number of nitrogens with zero attached hydrogens (tertiary/aromatic N) is 5. The van der Waals surface area contributed by atoms with E-state index in [1.807, 2.05) is 13.8 Å². The molecule has 0 aliphatic heterocycles. The van der Waals surface area contributed by atoms with Gasteiger partial charge in [-0.05, 0) is 53.8 Å². The van der Waals surface area contributed by atoms with Crippen molar-refractivity contribution in [2.45, 2.75) is 38.5 Å². The first-order valence-corrected chi connectivity index (χ1v) is 10.7. The Morgan fingerprint density at radius 1 is 1.09 bits per heavy atom. The monoisotopic (exact) mass is 465 g/mol. The first kappa shape index (κ1) is 23.4. The maximum atomic E-state index is 13.4. The van der Waals surface area contributed by atoms with Crippen LogP contribution in [-0.4, -0.2) is 24.6 Å². The number of fused-ring (bicyclic) bond motifs is 1. The van der Waals surface area contributed by atoms with E-state index < -0.39 is 17.5 Å². The zero-order valence-corrected chi connectivity index (χ0v) is 18.9. The third-order valence-corrected chi connectivity index (χ3v) is 6.04. The SMILES string of the molecule is CCc1nc2ccc(C(O)(c3ccnc(C(F)(F)F)c3)c3cncn3C)cc2c(C#N)c1CC. The number of aryl methyl sites for hydroxylation is 2. The second kappa shape index (κ2) is 8.54. The Kier molecular flexibility index (Phi) is 5.87. The highest BCUT2D eigenvalue weighted by molar-refractivity contribution is 5.87. The van der Waals surface area contributed by atoms with E-state index >= 15 is 0 Å². The Morgan fingerprint density at radius 3 is 2.41 bits per heavy atom. The molecule has 0 aliphatic carbocycles. The molecule has 0 aliphatic rings. The van der Waals surface area contributed by atoms with Crippen molar-refractivity contribution in [3.8, 4) is 6.07 Å². The first-order valence-electron chi connectivity index (χ1n) is 10.7. The quantitative estimate of drug-likeness (QED) is 0.463. The van der Waals surface area contributed by atoms with Crippen molar-refractivity contribution >= 4 is 10.9 Å². The van der Waals surface area contributed by atoms with E-state index in [1.165, 1.54) is 18.6 Å². The molecular weight excluding hydrogens is 443 g/mol. The van der Waals surface area contributed by atoms with Gasteiger partial charge < -0.3 is 9.67 Å². The zero-order valence-electron chi connectivity index (χ0n) is 18.9. The molecule has 0 spiro atoms. The molecule has 6 nitrogen and oxygen atoms in total. The second-order valence-corrected chi connectivity index (χ2v) is 7.99. The van der Waals surface area contributed by atoms with Crippen molar-refractivity contribution in [3.05, 3.63) is 88.4 Å². The van der Waals surface area contributed by atoms with Crippen LogP contribution in [-0.2, 0) is 31.7 Å². The van der Waals surface area contributed by atoms with E-state index in [0.717, 1.165) is 23.5 Å². The van der Waals surface area contributed by atoms with Gasteiger partial charge in [-0.2, -0.15) is 18.4 Å². The minimum absolute atomic E-state index is 0.0230. The number of alkyl halides is 3. The fourth-order valence-corrected chi connectivity index (χ4v) is 4.36. The largest absolute Gasteiger partial charge is 0.433 e. The molecule has 0 saturated carbocycles. The average molecular weight is 465 g/mol. The summed E-state index contributed by atoms with van der Waals surface area (Å²) in [4.78, 5) is 12.2. The molecular formula is C25H22F3N5O. The van der Waals surface area contributed by atoms with E-state index in [1.54, 1.807) is 29.8 Å². The van der Waals surface area contributed by atoms with Crippen molar-refractivity contribution < 1.29 is 18.3 Å². The van der Waals surface area contributed by atoms with Gasteiger partial charge in [-0.1, -0.05) is 19.9 Å². The summed E-state index contributed by atoms with van der Waals surface area (Å²) in [5.41, 5.74) is 0.0805. The highest BCUT2D eigenvalue weighted by atomic mass is 19.4. The van der Waals surface area contributed by atoms with Gasteiger partial charge in [0.05, 0.1) is 29.3 Å². The molecule has 4 aromatic rings. The van der Waals surface area contributed by atoms with Gasteiger partial charge in [0.2, 0.25) is 0 Å². The predicted octanol–water partition coefficient (Wildman–Crippen LogP) is 4.66. The number of imidazole rings is 1. The van der Waals surface area contributed by atoms with Crippen molar-refractivity contribution in [3.63, 3.8) is 0 Å². The molecule has 34 heavy (non-hydrogen) atoms. The van der Waals surface area contributed by atoms with Crippen LogP contribution in [0, 0.1) is 11.3 Å². The van der Waals surface area contributed by atoms with E-state index in [0.29, 0.717) is 29.3 Å². The summed E-state index contributed by atoms with van der Waals surface area (Å²) in [6.45, 7) is 3.90. The number of halogens is 3. The van der Waals surface area contributed by atoms with Gasteiger partial charge in [-0.3, -0.25) is 9.97 Å². The van der Waals surface area contributed by atoms with Gasteiger partial charge in [0.1, 0.15) is 11.8 Å². The summed E-state index contributed by atoms with van der Waals surface area (Å²) < 4.78 is 41.8. The molecule has 1 atom stereocenters. The van der Waals surface area contributed by atoms with E-state index in [9.17, 15) is 23.5 Å². The Hall–Kier alpha value is -3.77.